The Labute approximate surface area is 141 Å². The number of rotatable bonds is 12. The fourth-order valence-corrected chi connectivity index (χ4v) is 2.90. The molecule has 0 spiro atoms. The third-order valence-corrected chi connectivity index (χ3v) is 4.12. The highest BCUT2D eigenvalue weighted by molar-refractivity contribution is 5.78. The average molecular weight is 330 g/mol. The molecule has 23 heavy (non-hydrogen) atoms. The summed E-state index contributed by atoms with van der Waals surface area (Å²) in [7, 11) is 0. The molecule has 0 rings (SSSR count). The van der Waals surface area contributed by atoms with Crippen molar-refractivity contribution >= 4 is 12.1 Å². The van der Waals surface area contributed by atoms with Crippen molar-refractivity contribution in [2.24, 2.45) is 5.41 Å². The van der Waals surface area contributed by atoms with Crippen LogP contribution in [0.15, 0.2) is 0 Å². The third kappa shape index (κ3) is 6.80. The molecule has 0 aromatic rings. The quantitative estimate of drug-likeness (QED) is 0.478. The molecule has 0 aliphatic rings. The minimum atomic E-state index is -0.774. The summed E-state index contributed by atoms with van der Waals surface area (Å²) in [5.74, 6) is -0.252. The average Bonchev–Trinajstić information content (AvgIpc) is 2.54. The van der Waals surface area contributed by atoms with Gasteiger partial charge in [0.1, 0.15) is 11.5 Å². The fourth-order valence-electron chi connectivity index (χ4n) is 2.90. The van der Waals surface area contributed by atoms with Gasteiger partial charge in [-0.25, -0.2) is 4.79 Å². The Bertz CT molecular complexity index is 332. The second-order valence-corrected chi connectivity index (χ2v) is 5.78. The zero-order valence-electron chi connectivity index (χ0n) is 15.5. The van der Waals surface area contributed by atoms with Crippen molar-refractivity contribution in [3.63, 3.8) is 0 Å². The van der Waals surface area contributed by atoms with Gasteiger partial charge in [-0.2, -0.15) is 0 Å². The van der Waals surface area contributed by atoms with E-state index >= 15 is 0 Å². The number of ether oxygens (including phenoxy) is 3. The van der Waals surface area contributed by atoms with E-state index in [-0.39, 0.29) is 12.6 Å². The SMILES string of the molecule is CCCCC(CCCC)(C(=O)OCC)C(CC)OC(=O)OCC. The third-order valence-electron chi connectivity index (χ3n) is 4.12. The lowest BCUT2D eigenvalue weighted by atomic mass is 9.72. The maximum Gasteiger partial charge on any atom is 0.508 e. The predicted octanol–water partition coefficient (Wildman–Crippen LogP) is 4.87. The Morgan fingerprint density at radius 2 is 1.39 bits per heavy atom. The number of carbonyl (C=O) groups excluding carboxylic acids is 2. The van der Waals surface area contributed by atoms with Crippen molar-refractivity contribution in [1.29, 1.82) is 0 Å². The van der Waals surface area contributed by atoms with Crippen LogP contribution in [0.2, 0.25) is 0 Å². The van der Waals surface area contributed by atoms with Crippen LogP contribution in [-0.4, -0.2) is 31.4 Å². The molecule has 0 aromatic heterocycles. The maximum atomic E-state index is 12.8. The largest absolute Gasteiger partial charge is 0.508 e. The van der Waals surface area contributed by atoms with Gasteiger partial charge in [0, 0.05) is 0 Å². The van der Waals surface area contributed by atoms with Crippen LogP contribution in [0.4, 0.5) is 4.79 Å². The maximum absolute atomic E-state index is 12.8. The van der Waals surface area contributed by atoms with Crippen molar-refractivity contribution in [1.82, 2.24) is 0 Å². The number of esters is 1. The Balaban J connectivity index is 5.49. The van der Waals surface area contributed by atoms with Crippen LogP contribution in [0.5, 0.6) is 0 Å². The van der Waals surface area contributed by atoms with Gasteiger partial charge in [0.25, 0.3) is 0 Å². The Morgan fingerprint density at radius 1 is 0.870 bits per heavy atom. The highest BCUT2D eigenvalue weighted by atomic mass is 16.7. The predicted molar refractivity (Wildman–Crippen MR) is 90.3 cm³/mol. The molecular formula is C18H34O5. The molecule has 136 valence electrons. The van der Waals surface area contributed by atoms with Gasteiger partial charge in [-0.15, -0.1) is 0 Å². The zero-order chi connectivity index (χ0) is 17.7. The monoisotopic (exact) mass is 330 g/mol. The van der Waals surface area contributed by atoms with Crippen LogP contribution in [0.25, 0.3) is 0 Å². The molecule has 0 bridgehead atoms. The molecule has 0 aromatic carbocycles. The van der Waals surface area contributed by atoms with E-state index in [1.165, 1.54) is 0 Å². The van der Waals surface area contributed by atoms with Crippen molar-refractivity contribution in [2.75, 3.05) is 13.2 Å². The molecular weight excluding hydrogens is 296 g/mol. The lowest BCUT2D eigenvalue weighted by Crippen LogP contribution is -2.46. The minimum Gasteiger partial charge on any atom is -0.465 e. The van der Waals surface area contributed by atoms with Crippen molar-refractivity contribution < 1.29 is 23.8 Å². The van der Waals surface area contributed by atoms with Crippen molar-refractivity contribution in [3.8, 4) is 0 Å². The fraction of sp³-hybridized carbons (Fsp3) is 0.889. The summed E-state index contributed by atoms with van der Waals surface area (Å²) in [5.41, 5.74) is -0.774. The summed E-state index contributed by atoms with van der Waals surface area (Å²) < 4.78 is 15.8. The van der Waals surface area contributed by atoms with E-state index in [1.54, 1.807) is 13.8 Å². The Kier molecular flexibility index (Phi) is 11.5. The Hall–Kier alpha value is -1.26. The van der Waals surface area contributed by atoms with E-state index in [1.807, 2.05) is 6.92 Å². The first-order valence-corrected chi connectivity index (χ1v) is 9.02. The van der Waals surface area contributed by atoms with Gasteiger partial charge < -0.3 is 14.2 Å². The van der Waals surface area contributed by atoms with E-state index in [4.69, 9.17) is 14.2 Å². The van der Waals surface area contributed by atoms with Crippen molar-refractivity contribution in [2.45, 2.75) is 85.7 Å². The van der Waals surface area contributed by atoms with Crippen LogP contribution in [0.3, 0.4) is 0 Å². The lowest BCUT2D eigenvalue weighted by molar-refractivity contribution is -0.166. The molecule has 0 aliphatic carbocycles. The highest BCUT2D eigenvalue weighted by Crippen LogP contribution is 2.39. The van der Waals surface area contributed by atoms with Gasteiger partial charge in [-0.3, -0.25) is 4.79 Å². The summed E-state index contributed by atoms with van der Waals surface area (Å²) in [5, 5.41) is 0. The molecule has 0 aliphatic heterocycles. The normalized spacial score (nSPS) is 12.6. The van der Waals surface area contributed by atoms with Gasteiger partial charge in [-0.05, 0) is 33.1 Å². The lowest BCUT2D eigenvalue weighted by Gasteiger charge is -2.37. The van der Waals surface area contributed by atoms with Crippen LogP contribution in [0, 0.1) is 5.41 Å². The molecule has 5 nitrogen and oxygen atoms in total. The molecule has 0 fully saturated rings. The number of hydrogen-bond donors (Lipinski definition) is 0. The van der Waals surface area contributed by atoms with Crippen molar-refractivity contribution in [3.05, 3.63) is 0 Å². The number of carbonyl (C=O) groups is 2. The number of unbranched alkanes of at least 4 members (excludes halogenated alkanes) is 2. The molecule has 0 N–H and O–H groups in total. The first-order chi connectivity index (χ1) is 11.0. The summed E-state index contributed by atoms with van der Waals surface area (Å²) >= 11 is 0. The summed E-state index contributed by atoms with van der Waals surface area (Å²) in [6.07, 6.45) is 4.41. The summed E-state index contributed by atoms with van der Waals surface area (Å²) in [6, 6.07) is 0. The van der Waals surface area contributed by atoms with Gasteiger partial charge in [-0.1, -0.05) is 46.5 Å². The molecule has 0 heterocycles. The number of hydrogen-bond acceptors (Lipinski definition) is 5. The first-order valence-electron chi connectivity index (χ1n) is 9.02. The minimum absolute atomic E-state index is 0.252. The second-order valence-electron chi connectivity index (χ2n) is 5.78. The first kappa shape index (κ1) is 21.7. The molecule has 0 saturated carbocycles. The smallest absolute Gasteiger partial charge is 0.465 e. The molecule has 1 unspecified atom stereocenters. The molecule has 0 amide bonds. The van der Waals surface area contributed by atoms with Crippen LogP contribution in [0.1, 0.15) is 79.6 Å². The van der Waals surface area contributed by atoms with E-state index in [2.05, 4.69) is 13.8 Å². The van der Waals surface area contributed by atoms with Gasteiger partial charge >= 0.3 is 12.1 Å². The Morgan fingerprint density at radius 3 is 1.78 bits per heavy atom. The molecule has 5 heteroatoms. The standard InChI is InChI=1S/C18H34O5/c1-6-11-13-18(14-12-7-2,16(19)21-9-4)15(8-3)23-17(20)22-10-5/h15H,6-14H2,1-5H3. The van der Waals surface area contributed by atoms with E-state index in [0.717, 1.165) is 25.7 Å². The second kappa shape index (κ2) is 12.2. The zero-order valence-corrected chi connectivity index (χ0v) is 15.5. The topological polar surface area (TPSA) is 61.8 Å². The van der Waals surface area contributed by atoms with E-state index in [0.29, 0.717) is 25.9 Å². The van der Waals surface area contributed by atoms with Gasteiger partial charge in [0.15, 0.2) is 0 Å². The summed E-state index contributed by atoms with van der Waals surface area (Å²) in [6.45, 7) is 10.2. The highest BCUT2D eigenvalue weighted by Gasteiger charge is 2.47. The van der Waals surface area contributed by atoms with Crippen LogP contribution in [-0.2, 0) is 19.0 Å². The van der Waals surface area contributed by atoms with E-state index in [9.17, 15) is 9.59 Å². The van der Waals surface area contributed by atoms with Gasteiger partial charge in [0.2, 0.25) is 0 Å². The van der Waals surface area contributed by atoms with Crippen LogP contribution < -0.4 is 0 Å². The summed E-state index contributed by atoms with van der Waals surface area (Å²) in [4.78, 5) is 24.6. The van der Waals surface area contributed by atoms with E-state index < -0.39 is 17.7 Å². The van der Waals surface area contributed by atoms with Crippen LogP contribution >= 0.6 is 0 Å². The molecule has 0 saturated heterocycles. The molecule has 1 atom stereocenters. The molecule has 0 radical (unpaired) electrons. The van der Waals surface area contributed by atoms with Gasteiger partial charge in [0.05, 0.1) is 13.2 Å².